The number of nitrogens with one attached hydrogen (secondary N) is 1. The average molecular weight is 253 g/mol. The molecule has 0 fully saturated rings. The van der Waals surface area contributed by atoms with Crippen LogP contribution in [0, 0.1) is 12.3 Å². The molecule has 0 radical (unpaired) electrons. The average Bonchev–Trinajstić information content (AvgIpc) is 2.34. The molecular weight excluding hydrogens is 234 g/mol. The number of rotatable bonds is 5. The van der Waals surface area contributed by atoms with Crippen LogP contribution in [-0.2, 0) is 9.53 Å². The predicted octanol–water partition coefficient (Wildman–Crippen LogP) is 1.40. The molecular formula is C12H19N3O3. The van der Waals surface area contributed by atoms with Crippen LogP contribution < -0.4 is 10.1 Å². The minimum atomic E-state index is -0.644. The molecule has 0 aromatic carbocycles. The summed E-state index contributed by atoms with van der Waals surface area (Å²) in [5.74, 6) is 0.638. The van der Waals surface area contributed by atoms with Gasteiger partial charge in [-0.1, -0.05) is 0 Å². The molecule has 1 aromatic heterocycles. The third-order valence-electron chi connectivity index (χ3n) is 2.47. The van der Waals surface area contributed by atoms with Crippen LogP contribution in [0.2, 0.25) is 0 Å². The Kier molecular flexibility index (Phi) is 4.47. The molecule has 0 saturated carbocycles. The second kappa shape index (κ2) is 5.66. The summed E-state index contributed by atoms with van der Waals surface area (Å²) >= 11 is 0. The quantitative estimate of drug-likeness (QED) is 0.800. The van der Waals surface area contributed by atoms with Crippen LogP contribution in [0.15, 0.2) is 6.07 Å². The number of carbonyl (C=O) groups excluding carboxylic acids is 1. The van der Waals surface area contributed by atoms with E-state index in [9.17, 15) is 4.79 Å². The molecule has 0 spiro atoms. The van der Waals surface area contributed by atoms with E-state index in [0.29, 0.717) is 18.4 Å². The fourth-order valence-electron chi connectivity index (χ4n) is 1.37. The van der Waals surface area contributed by atoms with Crippen LogP contribution in [0.1, 0.15) is 19.5 Å². The largest absolute Gasteiger partial charge is 0.481 e. The minimum Gasteiger partial charge on any atom is -0.481 e. The molecule has 100 valence electrons. The number of aromatic nitrogens is 2. The first-order valence-electron chi connectivity index (χ1n) is 5.61. The van der Waals surface area contributed by atoms with E-state index in [2.05, 4.69) is 15.3 Å². The standard InChI is InChI=1S/C12H19N3O3/c1-8-6-9(17-4)15-11(14-8)13-7-12(2,3)10(16)18-5/h6H,7H2,1-5H3,(H,13,14,15). The molecule has 1 heterocycles. The third-order valence-corrected chi connectivity index (χ3v) is 2.47. The maximum atomic E-state index is 11.5. The number of esters is 1. The lowest BCUT2D eigenvalue weighted by Gasteiger charge is -2.21. The number of aryl methyl sites for hydroxylation is 1. The van der Waals surface area contributed by atoms with Gasteiger partial charge >= 0.3 is 5.97 Å². The first-order valence-corrected chi connectivity index (χ1v) is 5.61. The van der Waals surface area contributed by atoms with E-state index in [-0.39, 0.29) is 5.97 Å². The molecule has 0 atom stereocenters. The van der Waals surface area contributed by atoms with Crippen molar-refractivity contribution in [1.29, 1.82) is 0 Å². The summed E-state index contributed by atoms with van der Waals surface area (Å²) in [5, 5.41) is 3.01. The summed E-state index contributed by atoms with van der Waals surface area (Å²) in [4.78, 5) is 19.9. The number of hydrogen-bond acceptors (Lipinski definition) is 6. The van der Waals surface area contributed by atoms with Gasteiger partial charge in [-0.2, -0.15) is 4.98 Å². The van der Waals surface area contributed by atoms with Crippen molar-refractivity contribution in [3.05, 3.63) is 11.8 Å². The third kappa shape index (κ3) is 3.58. The van der Waals surface area contributed by atoms with Gasteiger partial charge in [-0.3, -0.25) is 4.79 Å². The van der Waals surface area contributed by atoms with E-state index in [1.54, 1.807) is 27.0 Å². The van der Waals surface area contributed by atoms with E-state index in [4.69, 9.17) is 9.47 Å². The highest BCUT2D eigenvalue weighted by Crippen LogP contribution is 2.18. The Morgan fingerprint density at radius 2 is 2.06 bits per heavy atom. The number of carbonyl (C=O) groups is 1. The summed E-state index contributed by atoms with van der Waals surface area (Å²) in [6.07, 6.45) is 0. The number of hydrogen-bond donors (Lipinski definition) is 1. The molecule has 6 nitrogen and oxygen atoms in total. The maximum Gasteiger partial charge on any atom is 0.313 e. The maximum absolute atomic E-state index is 11.5. The van der Waals surface area contributed by atoms with Crippen molar-refractivity contribution in [1.82, 2.24) is 9.97 Å². The van der Waals surface area contributed by atoms with Crippen molar-refractivity contribution in [3.8, 4) is 5.88 Å². The lowest BCUT2D eigenvalue weighted by Crippen LogP contribution is -2.33. The summed E-state index contributed by atoms with van der Waals surface area (Å²) in [6.45, 7) is 5.81. The summed E-state index contributed by atoms with van der Waals surface area (Å²) in [6, 6.07) is 1.73. The molecule has 6 heteroatoms. The fraction of sp³-hybridized carbons (Fsp3) is 0.583. The van der Waals surface area contributed by atoms with Crippen molar-refractivity contribution >= 4 is 11.9 Å². The van der Waals surface area contributed by atoms with Crippen LogP contribution >= 0.6 is 0 Å². The van der Waals surface area contributed by atoms with Gasteiger partial charge in [0, 0.05) is 18.3 Å². The monoisotopic (exact) mass is 253 g/mol. The van der Waals surface area contributed by atoms with Crippen LogP contribution in [0.5, 0.6) is 5.88 Å². The van der Waals surface area contributed by atoms with Crippen molar-refractivity contribution in [2.45, 2.75) is 20.8 Å². The van der Waals surface area contributed by atoms with Gasteiger partial charge in [-0.05, 0) is 20.8 Å². The molecule has 0 saturated heterocycles. The highest BCUT2D eigenvalue weighted by atomic mass is 16.5. The van der Waals surface area contributed by atoms with Crippen LogP contribution in [0.4, 0.5) is 5.95 Å². The Morgan fingerprint density at radius 1 is 1.39 bits per heavy atom. The van der Waals surface area contributed by atoms with Gasteiger partial charge in [0.15, 0.2) is 0 Å². The van der Waals surface area contributed by atoms with E-state index < -0.39 is 5.41 Å². The predicted molar refractivity (Wildman–Crippen MR) is 67.6 cm³/mol. The SMILES string of the molecule is COC(=O)C(C)(C)CNc1nc(C)cc(OC)n1. The summed E-state index contributed by atoms with van der Waals surface area (Å²) in [7, 11) is 2.92. The van der Waals surface area contributed by atoms with Crippen molar-refractivity contribution < 1.29 is 14.3 Å². The smallest absolute Gasteiger partial charge is 0.313 e. The Bertz CT molecular complexity index is 433. The molecule has 18 heavy (non-hydrogen) atoms. The normalized spacial score (nSPS) is 10.9. The van der Waals surface area contributed by atoms with Crippen molar-refractivity contribution in [2.75, 3.05) is 26.1 Å². The van der Waals surface area contributed by atoms with Gasteiger partial charge in [0.05, 0.1) is 19.6 Å². The second-order valence-corrected chi connectivity index (χ2v) is 4.60. The zero-order valence-electron chi connectivity index (χ0n) is 11.4. The lowest BCUT2D eigenvalue weighted by atomic mass is 9.94. The van der Waals surface area contributed by atoms with E-state index in [1.165, 1.54) is 7.11 Å². The molecule has 1 N–H and O–H groups in total. The highest BCUT2D eigenvalue weighted by molar-refractivity contribution is 5.76. The zero-order chi connectivity index (χ0) is 13.8. The summed E-state index contributed by atoms with van der Waals surface area (Å²) in [5.41, 5.74) is 0.148. The van der Waals surface area contributed by atoms with Gasteiger partial charge in [0.2, 0.25) is 11.8 Å². The molecule has 1 aromatic rings. The topological polar surface area (TPSA) is 73.3 Å². The van der Waals surface area contributed by atoms with Gasteiger partial charge in [-0.15, -0.1) is 0 Å². The van der Waals surface area contributed by atoms with Gasteiger partial charge in [-0.25, -0.2) is 4.98 Å². The van der Waals surface area contributed by atoms with E-state index in [0.717, 1.165) is 5.69 Å². The number of anilines is 1. The molecule has 0 bridgehead atoms. The highest BCUT2D eigenvalue weighted by Gasteiger charge is 2.28. The Labute approximate surface area is 107 Å². The first-order chi connectivity index (χ1) is 8.39. The number of nitrogens with zero attached hydrogens (tertiary/aromatic N) is 2. The molecule has 0 amide bonds. The molecule has 0 unspecified atom stereocenters. The van der Waals surface area contributed by atoms with Gasteiger partial charge in [0.25, 0.3) is 0 Å². The van der Waals surface area contributed by atoms with Crippen molar-refractivity contribution in [3.63, 3.8) is 0 Å². The number of ether oxygens (including phenoxy) is 2. The lowest BCUT2D eigenvalue weighted by molar-refractivity contribution is -0.149. The van der Waals surface area contributed by atoms with Crippen LogP contribution in [0.3, 0.4) is 0 Å². The van der Waals surface area contributed by atoms with Crippen molar-refractivity contribution in [2.24, 2.45) is 5.41 Å². The number of methoxy groups -OCH3 is 2. The van der Waals surface area contributed by atoms with Crippen LogP contribution in [0.25, 0.3) is 0 Å². The van der Waals surface area contributed by atoms with E-state index in [1.807, 2.05) is 6.92 Å². The Hall–Kier alpha value is -1.85. The Balaban J connectivity index is 2.74. The molecule has 0 aliphatic carbocycles. The second-order valence-electron chi connectivity index (χ2n) is 4.60. The van der Waals surface area contributed by atoms with E-state index >= 15 is 0 Å². The fourth-order valence-corrected chi connectivity index (χ4v) is 1.37. The summed E-state index contributed by atoms with van der Waals surface area (Å²) < 4.78 is 9.78. The zero-order valence-corrected chi connectivity index (χ0v) is 11.4. The van der Waals surface area contributed by atoms with Crippen LogP contribution in [-0.4, -0.2) is 36.7 Å². The first kappa shape index (κ1) is 14.2. The minimum absolute atomic E-state index is 0.283. The molecule has 0 aliphatic rings. The van der Waals surface area contributed by atoms with Gasteiger partial charge < -0.3 is 14.8 Å². The molecule has 1 rings (SSSR count). The Morgan fingerprint density at radius 3 is 2.61 bits per heavy atom. The molecule has 0 aliphatic heterocycles. The van der Waals surface area contributed by atoms with Gasteiger partial charge in [0.1, 0.15) is 0 Å².